The minimum absolute atomic E-state index is 0.232. The third-order valence-corrected chi connectivity index (χ3v) is 3.87. The minimum Gasteiger partial charge on any atom is -0.325 e. The summed E-state index contributed by atoms with van der Waals surface area (Å²) in [6.45, 7) is 2.13. The molecule has 1 unspecified atom stereocenters. The highest BCUT2D eigenvalue weighted by atomic mass is 14.7. The lowest BCUT2D eigenvalue weighted by Gasteiger charge is -2.25. The summed E-state index contributed by atoms with van der Waals surface area (Å²) in [4.78, 5) is 0. The van der Waals surface area contributed by atoms with Gasteiger partial charge in [0, 0.05) is 5.54 Å². The van der Waals surface area contributed by atoms with Crippen LogP contribution in [0.2, 0.25) is 0 Å². The number of rotatable bonds is 4. The highest BCUT2D eigenvalue weighted by Gasteiger charge is 2.19. The summed E-state index contributed by atoms with van der Waals surface area (Å²) >= 11 is 0. The van der Waals surface area contributed by atoms with Gasteiger partial charge >= 0.3 is 0 Å². The SMILES string of the molecule is CC(N)(Cc1ccccc1)Cc1ccc2ccccc2c1. The smallest absolute Gasteiger partial charge is 0.0207 e. The van der Waals surface area contributed by atoms with Crippen molar-refractivity contribution in [3.05, 3.63) is 83.9 Å². The Morgan fingerprint density at radius 3 is 2.10 bits per heavy atom. The maximum Gasteiger partial charge on any atom is 0.0207 e. The number of benzene rings is 3. The van der Waals surface area contributed by atoms with Gasteiger partial charge in [0.2, 0.25) is 0 Å². The first kappa shape index (κ1) is 13.8. The van der Waals surface area contributed by atoms with E-state index in [1.54, 1.807) is 0 Å². The quantitative estimate of drug-likeness (QED) is 0.753. The van der Waals surface area contributed by atoms with Crippen LogP contribution in [0.4, 0.5) is 0 Å². The van der Waals surface area contributed by atoms with Crippen LogP contribution in [-0.2, 0) is 12.8 Å². The van der Waals surface area contributed by atoms with Crippen LogP contribution in [0.1, 0.15) is 18.1 Å². The van der Waals surface area contributed by atoms with Gasteiger partial charge in [0.1, 0.15) is 0 Å². The Kier molecular flexibility index (Phi) is 3.76. The Bertz CT molecular complexity index is 729. The van der Waals surface area contributed by atoms with Gasteiger partial charge in [0.25, 0.3) is 0 Å². The molecule has 1 nitrogen and oxygen atoms in total. The topological polar surface area (TPSA) is 26.0 Å². The molecule has 0 fully saturated rings. The molecule has 1 heteroatoms. The summed E-state index contributed by atoms with van der Waals surface area (Å²) in [5, 5.41) is 2.56. The molecule has 0 saturated carbocycles. The normalized spacial score (nSPS) is 14.0. The molecule has 2 N–H and O–H groups in total. The second-order valence-electron chi connectivity index (χ2n) is 6.17. The van der Waals surface area contributed by atoms with E-state index >= 15 is 0 Å². The first-order chi connectivity index (χ1) is 10.1. The van der Waals surface area contributed by atoms with Crippen molar-refractivity contribution in [2.75, 3.05) is 0 Å². The van der Waals surface area contributed by atoms with Crippen molar-refractivity contribution in [3.8, 4) is 0 Å². The molecule has 0 aromatic heterocycles. The molecule has 0 radical (unpaired) electrons. The van der Waals surface area contributed by atoms with Crippen LogP contribution in [0.25, 0.3) is 10.8 Å². The molecule has 0 amide bonds. The van der Waals surface area contributed by atoms with Gasteiger partial charge in [-0.15, -0.1) is 0 Å². The Hall–Kier alpha value is -2.12. The highest BCUT2D eigenvalue weighted by molar-refractivity contribution is 5.83. The number of nitrogens with two attached hydrogens (primary N) is 1. The molecule has 3 aromatic rings. The van der Waals surface area contributed by atoms with Crippen molar-refractivity contribution in [1.29, 1.82) is 0 Å². The molecule has 0 aliphatic carbocycles. The van der Waals surface area contributed by atoms with Gasteiger partial charge in [-0.1, -0.05) is 72.8 Å². The summed E-state index contributed by atoms with van der Waals surface area (Å²) in [5.74, 6) is 0. The van der Waals surface area contributed by atoms with E-state index in [1.165, 1.54) is 21.9 Å². The zero-order valence-corrected chi connectivity index (χ0v) is 12.4. The van der Waals surface area contributed by atoms with Crippen LogP contribution in [0.15, 0.2) is 72.8 Å². The summed E-state index contributed by atoms with van der Waals surface area (Å²) in [5.41, 5.74) is 8.89. The third-order valence-electron chi connectivity index (χ3n) is 3.87. The fourth-order valence-electron chi connectivity index (χ4n) is 2.94. The Morgan fingerprint density at radius 2 is 1.33 bits per heavy atom. The molecule has 106 valence electrons. The van der Waals surface area contributed by atoms with Gasteiger partial charge in [0.15, 0.2) is 0 Å². The molecule has 21 heavy (non-hydrogen) atoms. The summed E-state index contributed by atoms with van der Waals surface area (Å²) in [7, 11) is 0. The van der Waals surface area contributed by atoms with E-state index in [4.69, 9.17) is 5.73 Å². The van der Waals surface area contributed by atoms with Crippen molar-refractivity contribution in [2.45, 2.75) is 25.3 Å². The lowest BCUT2D eigenvalue weighted by molar-refractivity contribution is 0.463. The average Bonchev–Trinajstić information content (AvgIpc) is 2.47. The Labute approximate surface area is 126 Å². The van der Waals surface area contributed by atoms with Gasteiger partial charge < -0.3 is 5.73 Å². The Morgan fingerprint density at radius 1 is 0.714 bits per heavy atom. The summed E-state index contributed by atoms with van der Waals surface area (Å²) in [6.07, 6.45) is 1.77. The molecule has 3 aromatic carbocycles. The highest BCUT2D eigenvalue weighted by Crippen LogP contribution is 2.20. The third kappa shape index (κ3) is 3.50. The Balaban J connectivity index is 1.80. The predicted octanol–water partition coefficient (Wildman–Crippen LogP) is 4.34. The molecule has 0 aliphatic heterocycles. The zero-order valence-electron chi connectivity index (χ0n) is 12.4. The molecule has 0 heterocycles. The number of fused-ring (bicyclic) bond motifs is 1. The summed E-state index contributed by atoms with van der Waals surface area (Å²) < 4.78 is 0. The lowest BCUT2D eigenvalue weighted by atomic mass is 9.87. The van der Waals surface area contributed by atoms with Gasteiger partial charge in [-0.05, 0) is 41.7 Å². The standard InChI is InChI=1S/C20H21N/c1-20(21,14-16-7-3-2-4-8-16)15-17-11-12-18-9-5-6-10-19(18)13-17/h2-13H,14-15,21H2,1H3. The monoisotopic (exact) mass is 275 g/mol. The molecule has 1 atom stereocenters. The number of hydrogen-bond donors (Lipinski definition) is 1. The van der Waals surface area contributed by atoms with Gasteiger partial charge in [-0.3, -0.25) is 0 Å². The fourth-order valence-corrected chi connectivity index (χ4v) is 2.94. The van der Waals surface area contributed by atoms with E-state index in [0.717, 1.165) is 12.8 Å². The van der Waals surface area contributed by atoms with Crippen LogP contribution >= 0.6 is 0 Å². The van der Waals surface area contributed by atoms with Crippen molar-refractivity contribution in [3.63, 3.8) is 0 Å². The molecule has 3 rings (SSSR count). The van der Waals surface area contributed by atoms with Crippen LogP contribution in [0.3, 0.4) is 0 Å². The molecule has 0 bridgehead atoms. The first-order valence-corrected chi connectivity index (χ1v) is 7.43. The minimum atomic E-state index is -0.232. The van der Waals surface area contributed by atoms with Crippen molar-refractivity contribution >= 4 is 10.8 Å². The molecular weight excluding hydrogens is 254 g/mol. The maximum atomic E-state index is 6.52. The zero-order chi connectivity index (χ0) is 14.7. The van der Waals surface area contributed by atoms with Gasteiger partial charge in [-0.25, -0.2) is 0 Å². The van der Waals surface area contributed by atoms with E-state index in [2.05, 4.69) is 73.7 Å². The van der Waals surface area contributed by atoms with E-state index in [-0.39, 0.29) is 5.54 Å². The van der Waals surface area contributed by atoms with Crippen molar-refractivity contribution in [2.24, 2.45) is 5.73 Å². The van der Waals surface area contributed by atoms with E-state index in [1.807, 2.05) is 6.07 Å². The van der Waals surface area contributed by atoms with E-state index < -0.39 is 0 Å². The molecule has 0 saturated heterocycles. The van der Waals surface area contributed by atoms with E-state index in [0.29, 0.717) is 0 Å². The average molecular weight is 275 g/mol. The van der Waals surface area contributed by atoms with E-state index in [9.17, 15) is 0 Å². The van der Waals surface area contributed by atoms with Crippen LogP contribution < -0.4 is 5.73 Å². The molecule has 0 spiro atoms. The summed E-state index contributed by atoms with van der Waals surface area (Å²) in [6, 6.07) is 25.6. The molecular formula is C20H21N. The second kappa shape index (κ2) is 5.71. The van der Waals surface area contributed by atoms with Gasteiger partial charge in [0.05, 0.1) is 0 Å². The van der Waals surface area contributed by atoms with Crippen LogP contribution in [-0.4, -0.2) is 5.54 Å². The molecule has 0 aliphatic rings. The lowest BCUT2D eigenvalue weighted by Crippen LogP contribution is -2.40. The first-order valence-electron chi connectivity index (χ1n) is 7.43. The van der Waals surface area contributed by atoms with Crippen molar-refractivity contribution in [1.82, 2.24) is 0 Å². The van der Waals surface area contributed by atoms with Crippen LogP contribution in [0.5, 0.6) is 0 Å². The largest absolute Gasteiger partial charge is 0.325 e. The second-order valence-corrected chi connectivity index (χ2v) is 6.17. The maximum absolute atomic E-state index is 6.52. The fraction of sp³-hybridized carbons (Fsp3) is 0.200. The predicted molar refractivity (Wildman–Crippen MR) is 90.4 cm³/mol. The van der Waals surface area contributed by atoms with Crippen molar-refractivity contribution < 1.29 is 0 Å². The van der Waals surface area contributed by atoms with Gasteiger partial charge in [-0.2, -0.15) is 0 Å². The number of hydrogen-bond acceptors (Lipinski definition) is 1. The van der Waals surface area contributed by atoms with Crippen LogP contribution in [0, 0.1) is 0 Å².